The van der Waals surface area contributed by atoms with Gasteiger partial charge in [-0.15, -0.1) is 13.2 Å². The number of amides is 3. The van der Waals surface area contributed by atoms with Gasteiger partial charge in [0.15, 0.2) is 0 Å². The zero-order valence-electron chi connectivity index (χ0n) is 25.0. The van der Waals surface area contributed by atoms with E-state index in [9.17, 15) is 24.3 Å². The van der Waals surface area contributed by atoms with Crippen molar-refractivity contribution < 1.29 is 33.8 Å². The lowest BCUT2D eigenvalue weighted by molar-refractivity contribution is -0.159. The summed E-state index contributed by atoms with van der Waals surface area (Å²) >= 11 is 0. The molecule has 3 aliphatic heterocycles. The molecular formula is C31H49N3O7. The molecule has 2 N–H and O–H groups in total. The molecule has 10 nitrogen and oxygen atoms in total. The summed E-state index contributed by atoms with van der Waals surface area (Å²) in [6.45, 7) is 14.2. The highest BCUT2D eigenvalue weighted by atomic mass is 16.6. The lowest BCUT2D eigenvalue weighted by Crippen LogP contribution is -2.57. The monoisotopic (exact) mass is 575 g/mol. The zero-order valence-corrected chi connectivity index (χ0v) is 25.0. The summed E-state index contributed by atoms with van der Waals surface area (Å²) in [4.78, 5) is 57.3. The minimum atomic E-state index is -1.09. The quantitative estimate of drug-likeness (QED) is 0.146. The molecule has 3 heterocycles. The first-order valence-corrected chi connectivity index (χ1v) is 15.2. The normalized spacial score (nSPS) is 27.7. The number of carbonyl (C=O) groups is 4. The average Bonchev–Trinajstić information content (AvgIpc) is 3.58. The molecule has 0 saturated carbocycles. The van der Waals surface area contributed by atoms with Crippen LogP contribution in [0.1, 0.15) is 78.6 Å². The van der Waals surface area contributed by atoms with Crippen molar-refractivity contribution in [1.29, 1.82) is 0 Å². The fourth-order valence-electron chi connectivity index (χ4n) is 6.77. The van der Waals surface area contributed by atoms with Crippen LogP contribution in [0.5, 0.6) is 0 Å². The summed E-state index contributed by atoms with van der Waals surface area (Å²) in [5.41, 5.74) is -1.09. The van der Waals surface area contributed by atoms with E-state index in [-0.39, 0.29) is 36.9 Å². The number of hydrogen-bond acceptors (Lipinski definition) is 7. The van der Waals surface area contributed by atoms with Gasteiger partial charge < -0.3 is 29.7 Å². The SMILES string of the molecule is C=CCCC(=O)NC[C@H](C)OC(=O)[C@@H]1[C@@H]2CC[C@]3(O2)[C@H](C(=O)N(CC=C)C(C)CCC)N(CCCCCO)C(=O)[C@@H]13. The Morgan fingerprint density at radius 1 is 1.24 bits per heavy atom. The minimum Gasteiger partial charge on any atom is -0.460 e. The molecule has 0 aromatic rings. The van der Waals surface area contributed by atoms with E-state index in [2.05, 4.69) is 25.4 Å². The summed E-state index contributed by atoms with van der Waals surface area (Å²) in [7, 11) is 0. The molecule has 0 aliphatic carbocycles. The molecule has 0 aromatic carbocycles. The maximum Gasteiger partial charge on any atom is 0.312 e. The molecule has 3 aliphatic rings. The first-order chi connectivity index (χ1) is 19.7. The van der Waals surface area contributed by atoms with Crippen molar-refractivity contribution in [3.05, 3.63) is 25.3 Å². The van der Waals surface area contributed by atoms with Crippen molar-refractivity contribution in [2.75, 3.05) is 26.2 Å². The van der Waals surface area contributed by atoms with Crippen molar-refractivity contribution >= 4 is 23.7 Å². The Bertz CT molecular complexity index is 971. The first-order valence-electron chi connectivity index (χ1n) is 15.2. The van der Waals surface area contributed by atoms with Gasteiger partial charge in [0, 0.05) is 32.2 Å². The molecule has 230 valence electrons. The highest BCUT2D eigenvalue weighted by Crippen LogP contribution is 2.59. The van der Waals surface area contributed by atoms with Gasteiger partial charge in [-0.25, -0.2) is 0 Å². The van der Waals surface area contributed by atoms with Gasteiger partial charge >= 0.3 is 5.97 Å². The number of ether oxygens (including phenoxy) is 2. The van der Waals surface area contributed by atoms with Crippen molar-refractivity contribution in [3.63, 3.8) is 0 Å². The number of likely N-dealkylation sites (tertiary alicyclic amines) is 1. The third-order valence-corrected chi connectivity index (χ3v) is 8.69. The van der Waals surface area contributed by atoms with E-state index in [0.717, 1.165) is 12.8 Å². The van der Waals surface area contributed by atoms with Gasteiger partial charge in [0.1, 0.15) is 17.7 Å². The van der Waals surface area contributed by atoms with Crippen molar-refractivity contribution in [1.82, 2.24) is 15.1 Å². The molecule has 10 heteroatoms. The second-order valence-electron chi connectivity index (χ2n) is 11.7. The van der Waals surface area contributed by atoms with Crippen molar-refractivity contribution in [3.8, 4) is 0 Å². The van der Waals surface area contributed by atoms with Crippen LogP contribution >= 0.6 is 0 Å². The van der Waals surface area contributed by atoms with E-state index >= 15 is 0 Å². The minimum absolute atomic E-state index is 0.0470. The van der Waals surface area contributed by atoms with Gasteiger partial charge in [-0.3, -0.25) is 19.2 Å². The topological polar surface area (TPSA) is 125 Å². The maximum atomic E-state index is 14.3. The number of fused-ring (bicyclic) bond motifs is 1. The average molecular weight is 576 g/mol. The van der Waals surface area contributed by atoms with Crippen LogP contribution in [0.3, 0.4) is 0 Å². The number of carbonyl (C=O) groups excluding carboxylic acids is 4. The first kappa shape index (κ1) is 32.8. The van der Waals surface area contributed by atoms with Crippen LogP contribution in [0.2, 0.25) is 0 Å². The van der Waals surface area contributed by atoms with Crippen LogP contribution in [-0.4, -0.2) is 94.7 Å². The van der Waals surface area contributed by atoms with Crippen molar-refractivity contribution in [2.45, 2.75) is 108 Å². The van der Waals surface area contributed by atoms with Gasteiger partial charge in [0.05, 0.1) is 24.5 Å². The summed E-state index contributed by atoms with van der Waals surface area (Å²) in [5.74, 6) is -2.72. The Morgan fingerprint density at radius 3 is 2.66 bits per heavy atom. The lowest BCUT2D eigenvalue weighted by Gasteiger charge is -2.39. The number of rotatable bonds is 18. The zero-order chi connectivity index (χ0) is 30.2. The van der Waals surface area contributed by atoms with Gasteiger partial charge in [0.25, 0.3) is 0 Å². The number of esters is 1. The maximum absolute atomic E-state index is 14.3. The van der Waals surface area contributed by atoms with E-state index in [0.29, 0.717) is 58.0 Å². The Balaban J connectivity index is 1.84. The Kier molecular flexibility index (Phi) is 12.0. The Morgan fingerprint density at radius 2 is 2.00 bits per heavy atom. The van der Waals surface area contributed by atoms with Crippen LogP contribution in [0, 0.1) is 11.8 Å². The van der Waals surface area contributed by atoms with Gasteiger partial charge in [0.2, 0.25) is 17.7 Å². The second kappa shape index (κ2) is 15.0. The summed E-state index contributed by atoms with van der Waals surface area (Å²) in [5, 5.41) is 12.0. The molecule has 41 heavy (non-hydrogen) atoms. The number of unbranched alkanes of at least 4 members (excludes halogenated alkanes) is 2. The largest absolute Gasteiger partial charge is 0.460 e. The molecule has 3 rings (SSSR count). The van der Waals surface area contributed by atoms with Gasteiger partial charge in [-0.2, -0.15) is 0 Å². The molecule has 0 radical (unpaired) electrons. The summed E-state index contributed by atoms with van der Waals surface area (Å²) in [6.07, 6.45) is 7.90. The molecule has 0 aromatic heterocycles. The summed E-state index contributed by atoms with van der Waals surface area (Å²) < 4.78 is 12.3. The lowest BCUT2D eigenvalue weighted by atomic mass is 9.70. The fraction of sp³-hybridized carbons (Fsp3) is 0.742. The smallest absolute Gasteiger partial charge is 0.312 e. The predicted molar refractivity (Wildman–Crippen MR) is 155 cm³/mol. The standard InChI is InChI=1S/C31H49N3O7/c1-6-9-14-24(36)32-20-22(5)40-30(39)25-23-15-16-31(41-23)26(25)28(37)34(18-11-10-12-19-35)27(31)29(38)33(17-8-3)21(4)13-7-2/h6,8,21-23,25-27,35H,1,3,7,9-20H2,2,4-5H3,(H,32,36)/t21?,22-,23-,25+,26+,27-,31+/m0/s1. The van der Waals surface area contributed by atoms with Gasteiger partial charge in [-0.1, -0.05) is 25.5 Å². The highest BCUT2D eigenvalue weighted by Gasteiger charge is 2.75. The fourth-order valence-corrected chi connectivity index (χ4v) is 6.77. The highest BCUT2D eigenvalue weighted by molar-refractivity contribution is 5.98. The number of nitrogens with one attached hydrogen (secondary N) is 1. The third-order valence-electron chi connectivity index (χ3n) is 8.69. The Hall–Kier alpha value is -2.72. The number of aliphatic hydroxyl groups is 1. The molecule has 3 fully saturated rings. The number of hydrogen-bond donors (Lipinski definition) is 2. The molecule has 1 unspecified atom stereocenters. The van der Waals surface area contributed by atoms with E-state index < -0.39 is 41.7 Å². The van der Waals surface area contributed by atoms with Crippen LogP contribution in [0.25, 0.3) is 0 Å². The Labute approximate surface area is 244 Å². The van der Waals surface area contributed by atoms with Crippen molar-refractivity contribution in [2.24, 2.45) is 11.8 Å². The van der Waals surface area contributed by atoms with E-state index in [1.807, 2.05) is 6.92 Å². The van der Waals surface area contributed by atoms with Crippen LogP contribution < -0.4 is 5.32 Å². The number of aliphatic hydroxyl groups excluding tert-OH is 1. The van der Waals surface area contributed by atoms with E-state index in [4.69, 9.17) is 9.47 Å². The molecule has 3 amide bonds. The van der Waals surface area contributed by atoms with Crippen LogP contribution in [0.15, 0.2) is 25.3 Å². The predicted octanol–water partition coefficient (Wildman–Crippen LogP) is 2.74. The third kappa shape index (κ3) is 7.02. The molecule has 1 spiro atoms. The number of nitrogens with zero attached hydrogens (tertiary/aromatic N) is 2. The summed E-state index contributed by atoms with van der Waals surface area (Å²) in [6, 6.07) is -0.882. The van der Waals surface area contributed by atoms with Crippen LogP contribution in [0.4, 0.5) is 0 Å². The molecule has 3 saturated heterocycles. The van der Waals surface area contributed by atoms with Crippen LogP contribution in [-0.2, 0) is 28.7 Å². The van der Waals surface area contributed by atoms with Gasteiger partial charge in [-0.05, 0) is 58.8 Å². The number of allylic oxidation sites excluding steroid dienone is 1. The van der Waals surface area contributed by atoms with E-state index in [1.165, 1.54) is 0 Å². The molecule has 2 bridgehead atoms. The second-order valence-corrected chi connectivity index (χ2v) is 11.7. The van der Waals surface area contributed by atoms with E-state index in [1.54, 1.807) is 28.9 Å². The molecular weight excluding hydrogens is 526 g/mol. The molecule has 7 atom stereocenters.